The monoisotopic (exact) mass is 524 g/mol. The maximum Gasteiger partial charge on any atom is 0.260 e. The van der Waals surface area contributed by atoms with E-state index in [1.807, 2.05) is 36.4 Å². The molecule has 1 amide bonds. The number of methoxy groups -OCH3 is 1. The highest BCUT2D eigenvalue weighted by Gasteiger charge is 2.27. The number of sulfonamides is 1. The second-order valence-electron chi connectivity index (χ2n) is 8.08. The van der Waals surface area contributed by atoms with Crippen LogP contribution >= 0.6 is 11.3 Å². The van der Waals surface area contributed by atoms with Crippen molar-refractivity contribution in [3.05, 3.63) is 78.1 Å². The lowest BCUT2D eigenvalue weighted by Crippen LogP contribution is -2.40. The van der Waals surface area contributed by atoms with Gasteiger partial charge >= 0.3 is 0 Å². The van der Waals surface area contributed by atoms with Crippen LogP contribution < -0.4 is 9.64 Å². The number of hydrogen-bond donors (Lipinski definition) is 0. The number of ether oxygens (including phenoxy) is 2. The zero-order valence-corrected chi connectivity index (χ0v) is 21.2. The average molecular weight is 525 g/mol. The van der Waals surface area contributed by atoms with Crippen LogP contribution in [0.4, 0.5) is 5.13 Å². The van der Waals surface area contributed by atoms with Gasteiger partial charge in [0.1, 0.15) is 5.75 Å². The summed E-state index contributed by atoms with van der Waals surface area (Å²) in [6.07, 6.45) is 1.67. The number of pyridine rings is 1. The van der Waals surface area contributed by atoms with Crippen molar-refractivity contribution in [2.24, 2.45) is 0 Å². The van der Waals surface area contributed by atoms with Gasteiger partial charge in [-0.05, 0) is 48.5 Å². The molecule has 0 aliphatic carbocycles. The first kappa shape index (κ1) is 24.3. The van der Waals surface area contributed by atoms with Gasteiger partial charge in [-0.3, -0.25) is 14.7 Å². The Balaban J connectivity index is 1.47. The fraction of sp³-hybridized carbons (Fsp3) is 0.240. The number of benzene rings is 2. The van der Waals surface area contributed by atoms with Crippen molar-refractivity contribution in [3.63, 3.8) is 0 Å². The highest BCUT2D eigenvalue weighted by Crippen LogP contribution is 2.33. The van der Waals surface area contributed by atoms with Gasteiger partial charge < -0.3 is 9.47 Å². The molecule has 1 saturated heterocycles. The van der Waals surface area contributed by atoms with Crippen LogP contribution in [0.15, 0.2) is 71.8 Å². The van der Waals surface area contributed by atoms with E-state index in [1.54, 1.807) is 18.2 Å². The van der Waals surface area contributed by atoms with E-state index in [0.717, 1.165) is 10.2 Å². The van der Waals surface area contributed by atoms with E-state index in [2.05, 4.69) is 9.97 Å². The third kappa shape index (κ3) is 4.96. The Morgan fingerprint density at radius 2 is 1.89 bits per heavy atom. The number of carbonyl (C=O) groups excluding carboxylic acids is 1. The molecule has 36 heavy (non-hydrogen) atoms. The van der Waals surface area contributed by atoms with Gasteiger partial charge in [0.05, 0.1) is 47.7 Å². The minimum Gasteiger partial charge on any atom is -0.497 e. The first-order valence-electron chi connectivity index (χ1n) is 11.3. The Bertz CT molecular complexity index is 1470. The number of aromatic nitrogens is 2. The molecule has 0 N–H and O–H groups in total. The molecule has 1 aliphatic heterocycles. The third-order valence-corrected chi connectivity index (χ3v) is 8.79. The summed E-state index contributed by atoms with van der Waals surface area (Å²) in [6.45, 7) is 1.57. The van der Waals surface area contributed by atoms with E-state index in [4.69, 9.17) is 9.47 Å². The van der Waals surface area contributed by atoms with Crippen LogP contribution in [-0.4, -0.2) is 62.0 Å². The van der Waals surface area contributed by atoms with Crippen LogP contribution in [0.25, 0.3) is 10.2 Å². The van der Waals surface area contributed by atoms with E-state index in [9.17, 15) is 13.2 Å². The summed E-state index contributed by atoms with van der Waals surface area (Å²) >= 11 is 1.39. The first-order chi connectivity index (χ1) is 17.5. The van der Waals surface area contributed by atoms with E-state index in [-0.39, 0.29) is 17.3 Å². The molecule has 2 aromatic heterocycles. The van der Waals surface area contributed by atoms with E-state index in [0.29, 0.717) is 48.4 Å². The highest BCUT2D eigenvalue weighted by molar-refractivity contribution is 7.89. The predicted octanol–water partition coefficient (Wildman–Crippen LogP) is 3.57. The molecule has 0 atom stereocenters. The summed E-state index contributed by atoms with van der Waals surface area (Å²) in [5.74, 6) is 0.376. The second-order valence-corrected chi connectivity index (χ2v) is 11.0. The standard InChI is InChI=1S/C25H24N4O5S2/c1-33-20-7-10-23-22(16-20)27-25(35-23)29(17-19-4-2-3-11-26-19)24(30)18-5-8-21(9-6-18)36(31,32)28-12-14-34-15-13-28/h2-11,16H,12-15,17H2,1H3. The lowest BCUT2D eigenvalue weighted by atomic mass is 10.2. The molecule has 0 spiro atoms. The maximum atomic E-state index is 13.7. The van der Waals surface area contributed by atoms with Crippen molar-refractivity contribution in [2.75, 3.05) is 38.3 Å². The summed E-state index contributed by atoms with van der Waals surface area (Å²) in [6, 6.07) is 17.1. The summed E-state index contributed by atoms with van der Waals surface area (Å²) in [4.78, 5) is 24.4. The molecule has 3 heterocycles. The average Bonchev–Trinajstić information content (AvgIpc) is 3.35. The van der Waals surface area contributed by atoms with Crippen molar-refractivity contribution in [1.82, 2.24) is 14.3 Å². The van der Waals surface area contributed by atoms with Crippen molar-refractivity contribution < 1.29 is 22.7 Å². The molecule has 186 valence electrons. The number of rotatable bonds is 7. The largest absolute Gasteiger partial charge is 0.497 e. The zero-order chi connectivity index (χ0) is 25.1. The Kier molecular flexibility index (Phi) is 6.97. The molecule has 4 aromatic rings. The lowest BCUT2D eigenvalue weighted by molar-refractivity contribution is 0.0730. The van der Waals surface area contributed by atoms with Crippen molar-refractivity contribution >= 4 is 42.6 Å². The van der Waals surface area contributed by atoms with Gasteiger partial charge in [-0.25, -0.2) is 13.4 Å². The van der Waals surface area contributed by atoms with Crippen LogP contribution in [0.2, 0.25) is 0 Å². The molecule has 0 saturated carbocycles. The molecule has 5 rings (SSSR count). The van der Waals surface area contributed by atoms with E-state index in [1.165, 1.54) is 39.9 Å². The number of thiazole rings is 1. The van der Waals surface area contributed by atoms with E-state index >= 15 is 0 Å². The smallest absolute Gasteiger partial charge is 0.260 e. The normalized spacial score (nSPS) is 14.6. The van der Waals surface area contributed by atoms with Crippen LogP contribution in [0.1, 0.15) is 16.1 Å². The maximum absolute atomic E-state index is 13.7. The summed E-state index contributed by atoms with van der Waals surface area (Å²) in [5.41, 5.74) is 1.78. The summed E-state index contributed by atoms with van der Waals surface area (Å²) < 4.78 is 38.8. The quantitative estimate of drug-likeness (QED) is 0.364. The molecule has 0 bridgehead atoms. The van der Waals surface area contributed by atoms with Gasteiger partial charge in [0.2, 0.25) is 10.0 Å². The molecule has 1 aliphatic rings. The van der Waals surface area contributed by atoms with Crippen molar-refractivity contribution in [3.8, 4) is 5.75 Å². The predicted molar refractivity (Wildman–Crippen MR) is 137 cm³/mol. The van der Waals surface area contributed by atoms with Gasteiger partial charge in [0.15, 0.2) is 5.13 Å². The van der Waals surface area contributed by atoms with Crippen LogP contribution in [0, 0.1) is 0 Å². The summed E-state index contributed by atoms with van der Waals surface area (Å²) in [7, 11) is -2.06. The van der Waals surface area contributed by atoms with Crippen molar-refractivity contribution in [1.29, 1.82) is 0 Å². The van der Waals surface area contributed by atoms with Gasteiger partial charge in [-0.15, -0.1) is 0 Å². The number of anilines is 1. The zero-order valence-electron chi connectivity index (χ0n) is 19.5. The minimum atomic E-state index is -3.65. The Morgan fingerprint density at radius 3 is 2.58 bits per heavy atom. The van der Waals surface area contributed by atoms with Gasteiger partial charge in [-0.1, -0.05) is 17.4 Å². The van der Waals surface area contributed by atoms with Crippen LogP contribution in [0.3, 0.4) is 0 Å². The second kappa shape index (κ2) is 10.3. The Labute approximate surface area is 213 Å². The number of amides is 1. The molecule has 0 radical (unpaired) electrons. The molecule has 11 heteroatoms. The van der Waals surface area contributed by atoms with Crippen LogP contribution in [0.5, 0.6) is 5.75 Å². The third-order valence-electron chi connectivity index (χ3n) is 5.81. The minimum absolute atomic E-state index is 0.143. The molecule has 0 unspecified atom stereocenters. The molecule has 9 nitrogen and oxygen atoms in total. The molecular formula is C25H24N4O5S2. The number of nitrogens with zero attached hydrogens (tertiary/aromatic N) is 4. The highest BCUT2D eigenvalue weighted by atomic mass is 32.2. The topological polar surface area (TPSA) is 102 Å². The van der Waals surface area contributed by atoms with Gasteiger partial charge in [0.25, 0.3) is 5.91 Å². The number of fused-ring (bicyclic) bond motifs is 1. The summed E-state index contributed by atoms with van der Waals surface area (Å²) in [5, 5.41) is 0.513. The number of hydrogen-bond acceptors (Lipinski definition) is 8. The van der Waals surface area contributed by atoms with Crippen LogP contribution in [-0.2, 0) is 21.3 Å². The molecule has 1 fully saturated rings. The fourth-order valence-corrected chi connectivity index (χ4v) is 6.23. The number of morpholine rings is 1. The lowest BCUT2D eigenvalue weighted by Gasteiger charge is -2.26. The first-order valence-corrected chi connectivity index (χ1v) is 13.6. The molecule has 2 aromatic carbocycles. The fourth-order valence-electron chi connectivity index (χ4n) is 3.88. The molecular weight excluding hydrogens is 500 g/mol. The van der Waals surface area contributed by atoms with Crippen molar-refractivity contribution in [2.45, 2.75) is 11.4 Å². The van der Waals surface area contributed by atoms with Gasteiger partial charge in [0, 0.05) is 30.9 Å². The Hall–Kier alpha value is -3.38. The van der Waals surface area contributed by atoms with E-state index < -0.39 is 10.0 Å². The SMILES string of the molecule is COc1ccc2sc(N(Cc3ccccn3)C(=O)c3ccc(S(=O)(=O)N4CCOCC4)cc3)nc2c1. The number of carbonyl (C=O) groups is 1. The van der Waals surface area contributed by atoms with Gasteiger partial charge in [-0.2, -0.15) is 4.31 Å². The Morgan fingerprint density at radius 1 is 1.11 bits per heavy atom.